The zero-order valence-electron chi connectivity index (χ0n) is 11.4. The molecule has 1 heterocycles. The maximum Gasteiger partial charge on any atom is 0.307 e. The topological polar surface area (TPSA) is 38.3 Å². The number of ether oxygens (including phenoxy) is 1. The number of hydrogen-bond donors (Lipinski definition) is 1. The fourth-order valence-corrected chi connectivity index (χ4v) is 2.70. The average molecular weight is 269 g/mol. The second-order valence-electron chi connectivity index (χ2n) is 4.44. The molecule has 1 rings (SSSR count). The average Bonchev–Trinajstić information content (AvgIpc) is 2.92. The highest BCUT2D eigenvalue weighted by Gasteiger charge is 2.18. The van der Waals surface area contributed by atoms with Crippen molar-refractivity contribution in [2.45, 2.75) is 39.2 Å². The van der Waals surface area contributed by atoms with Gasteiger partial charge in [-0.25, -0.2) is 0 Å². The quantitative estimate of drug-likeness (QED) is 0.735. The molecular weight excluding hydrogens is 246 g/mol. The molecule has 0 saturated heterocycles. The van der Waals surface area contributed by atoms with Gasteiger partial charge in [-0.05, 0) is 23.9 Å². The molecule has 1 atom stereocenters. The number of thiophene rings is 1. The molecule has 1 aromatic rings. The normalized spacial score (nSPS) is 12.7. The first kappa shape index (κ1) is 15.2. The lowest BCUT2D eigenvalue weighted by atomic mass is 10.0. The summed E-state index contributed by atoms with van der Waals surface area (Å²) in [6, 6.07) is 4.17. The molecule has 1 aromatic heterocycles. The third kappa shape index (κ3) is 4.78. The molecule has 0 aromatic carbocycles. The summed E-state index contributed by atoms with van der Waals surface area (Å²) in [5, 5.41) is 5.54. The van der Waals surface area contributed by atoms with E-state index in [4.69, 9.17) is 4.74 Å². The number of carbonyl (C=O) groups is 1. The first-order valence-corrected chi connectivity index (χ1v) is 7.42. The lowest BCUT2D eigenvalue weighted by Crippen LogP contribution is -2.28. The van der Waals surface area contributed by atoms with Crippen molar-refractivity contribution in [1.29, 1.82) is 0 Å². The predicted molar refractivity (Wildman–Crippen MR) is 75.8 cm³/mol. The molecule has 0 radical (unpaired) electrons. The fourth-order valence-electron chi connectivity index (χ4n) is 1.90. The van der Waals surface area contributed by atoms with Gasteiger partial charge in [0.15, 0.2) is 0 Å². The van der Waals surface area contributed by atoms with Gasteiger partial charge in [-0.1, -0.05) is 32.8 Å². The van der Waals surface area contributed by atoms with Gasteiger partial charge in [-0.3, -0.25) is 4.79 Å². The number of carbonyl (C=O) groups excluding carboxylic acids is 1. The lowest BCUT2D eigenvalue weighted by Gasteiger charge is -2.20. The molecule has 18 heavy (non-hydrogen) atoms. The molecule has 4 heteroatoms. The highest BCUT2D eigenvalue weighted by Crippen LogP contribution is 2.23. The predicted octanol–water partition coefficient (Wildman–Crippen LogP) is 3.38. The van der Waals surface area contributed by atoms with E-state index in [2.05, 4.69) is 25.2 Å². The van der Waals surface area contributed by atoms with Gasteiger partial charge < -0.3 is 10.1 Å². The van der Waals surface area contributed by atoms with Gasteiger partial charge >= 0.3 is 5.97 Å². The SMILES string of the molecule is CCC(CC)CNC(CC(=O)OC)c1cccs1. The number of rotatable bonds is 8. The zero-order valence-corrected chi connectivity index (χ0v) is 12.3. The van der Waals surface area contributed by atoms with E-state index in [0.717, 1.165) is 6.54 Å². The summed E-state index contributed by atoms with van der Waals surface area (Å²) in [5.74, 6) is 0.510. The first-order chi connectivity index (χ1) is 8.71. The Kier molecular flexibility index (Phi) is 6.98. The highest BCUT2D eigenvalue weighted by atomic mass is 32.1. The number of esters is 1. The molecule has 0 saturated carbocycles. The monoisotopic (exact) mass is 269 g/mol. The Bertz CT molecular complexity index is 334. The van der Waals surface area contributed by atoms with Crippen molar-refractivity contribution in [3.05, 3.63) is 22.4 Å². The molecule has 102 valence electrons. The highest BCUT2D eigenvalue weighted by molar-refractivity contribution is 7.10. The molecule has 0 bridgehead atoms. The fraction of sp³-hybridized carbons (Fsp3) is 0.643. The summed E-state index contributed by atoms with van der Waals surface area (Å²) in [6.45, 7) is 5.36. The van der Waals surface area contributed by atoms with E-state index >= 15 is 0 Å². The van der Waals surface area contributed by atoms with E-state index in [1.165, 1.54) is 24.8 Å². The van der Waals surface area contributed by atoms with Crippen molar-refractivity contribution in [2.75, 3.05) is 13.7 Å². The molecule has 0 aliphatic heterocycles. The summed E-state index contributed by atoms with van der Waals surface area (Å²) in [6.07, 6.45) is 2.73. The maximum absolute atomic E-state index is 11.4. The van der Waals surface area contributed by atoms with Crippen molar-refractivity contribution in [3.8, 4) is 0 Å². The standard InChI is InChI=1S/C14H23NO2S/c1-4-11(5-2)10-15-12(9-14(16)17-3)13-7-6-8-18-13/h6-8,11-12,15H,4-5,9-10H2,1-3H3. The van der Waals surface area contributed by atoms with Crippen LogP contribution in [-0.4, -0.2) is 19.6 Å². The smallest absolute Gasteiger partial charge is 0.307 e. The van der Waals surface area contributed by atoms with Crippen LogP contribution in [0.15, 0.2) is 17.5 Å². The summed E-state index contributed by atoms with van der Waals surface area (Å²) in [5.41, 5.74) is 0. The van der Waals surface area contributed by atoms with E-state index in [0.29, 0.717) is 12.3 Å². The van der Waals surface area contributed by atoms with Crippen LogP contribution in [0, 0.1) is 5.92 Å². The molecule has 0 aliphatic rings. The van der Waals surface area contributed by atoms with Crippen LogP contribution >= 0.6 is 11.3 Å². The van der Waals surface area contributed by atoms with E-state index < -0.39 is 0 Å². The molecule has 0 spiro atoms. The van der Waals surface area contributed by atoms with Crippen LogP contribution < -0.4 is 5.32 Å². The van der Waals surface area contributed by atoms with Crippen molar-refractivity contribution in [1.82, 2.24) is 5.32 Å². The molecule has 0 amide bonds. The Morgan fingerprint density at radius 2 is 2.17 bits per heavy atom. The Morgan fingerprint density at radius 3 is 2.67 bits per heavy atom. The van der Waals surface area contributed by atoms with Gasteiger partial charge in [0.25, 0.3) is 0 Å². The largest absolute Gasteiger partial charge is 0.469 e. The van der Waals surface area contributed by atoms with Crippen LogP contribution in [-0.2, 0) is 9.53 Å². The second kappa shape index (κ2) is 8.27. The minimum absolute atomic E-state index is 0.0815. The number of nitrogens with one attached hydrogen (secondary N) is 1. The molecule has 0 aliphatic carbocycles. The summed E-state index contributed by atoms with van der Waals surface area (Å²) >= 11 is 1.68. The maximum atomic E-state index is 11.4. The Hall–Kier alpha value is -0.870. The minimum atomic E-state index is -0.162. The van der Waals surface area contributed by atoms with Crippen molar-refractivity contribution < 1.29 is 9.53 Å². The van der Waals surface area contributed by atoms with Gasteiger partial charge in [-0.15, -0.1) is 11.3 Å². The summed E-state index contributed by atoms with van der Waals surface area (Å²) in [4.78, 5) is 12.6. The lowest BCUT2D eigenvalue weighted by molar-refractivity contribution is -0.141. The van der Waals surface area contributed by atoms with Gasteiger partial charge in [0.2, 0.25) is 0 Å². The third-order valence-electron chi connectivity index (χ3n) is 3.29. The van der Waals surface area contributed by atoms with E-state index in [1.54, 1.807) is 11.3 Å². The van der Waals surface area contributed by atoms with Crippen LogP contribution in [0.2, 0.25) is 0 Å². The molecular formula is C14H23NO2S. The van der Waals surface area contributed by atoms with E-state index in [9.17, 15) is 4.79 Å². The van der Waals surface area contributed by atoms with E-state index in [-0.39, 0.29) is 12.0 Å². The van der Waals surface area contributed by atoms with E-state index in [1.807, 2.05) is 11.4 Å². The minimum Gasteiger partial charge on any atom is -0.469 e. The third-order valence-corrected chi connectivity index (χ3v) is 4.28. The summed E-state index contributed by atoms with van der Waals surface area (Å²) < 4.78 is 4.76. The molecule has 1 unspecified atom stereocenters. The summed E-state index contributed by atoms with van der Waals surface area (Å²) in [7, 11) is 1.44. The van der Waals surface area contributed by atoms with Crippen LogP contribution in [0.3, 0.4) is 0 Å². The second-order valence-corrected chi connectivity index (χ2v) is 5.42. The van der Waals surface area contributed by atoms with Crippen LogP contribution in [0.1, 0.15) is 44.0 Å². The molecule has 1 N–H and O–H groups in total. The van der Waals surface area contributed by atoms with Gasteiger partial charge in [0, 0.05) is 4.88 Å². The Balaban J connectivity index is 2.58. The van der Waals surface area contributed by atoms with Crippen LogP contribution in [0.25, 0.3) is 0 Å². The van der Waals surface area contributed by atoms with Gasteiger partial charge in [-0.2, -0.15) is 0 Å². The van der Waals surface area contributed by atoms with Crippen molar-refractivity contribution in [3.63, 3.8) is 0 Å². The van der Waals surface area contributed by atoms with Crippen molar-refractivity contribution in [2.24, 2.45) is 5.92 Å². The molecule has 3 nitrogen and oxygen atoms in total. The van der Waals surface area contributed by atoms with Crippen LogP contribution in [0.4, 0.5) is 0 Å². The Labute approximate surface area is 114 Å². The van der Waals surface area contributed by atoms with Gasteiger partial charge in [0.05, 0.1) is 19.6 Å². The zero-order chi connectivity index (χ0) is 13.4. The van der Waals surface area contributed by atoms with Crippen LogP contribution in [0.5, 0.6) is 0 Å². The van der Waals surface area contributed by atoms with Gasteiger partial charge in [0.1, 0.15) is 0 Å². The Morgan fingerprint density at radius 1 is 1.44 bits per heavy atom. The number of hydrogen-bond acceptors (Lipinski definition) is 4. The molecule has 0 fully saturated rings. The number of methoxy groups -OCH3 is 1. The van der Waals surface area contributed by atoms with Crippen molar-refractivity contribution >= 4 is 17.3 Å². The first-order valence-electron chi connectivity index (χ1n) is 6.54.